The van der Waals surface area contributed by atoms with Crippen LogP contribution in [0.2, 0.25) is 0 Å². The lowest BCUT2D eigenvalue weighted by atomic mass is 9.73. The third-order valence-corrected chi connectivity index (χ3v) is 6.53. The molecule has 1 aliphatic rings. The number of hydrogen-bond donors (Lipinski definition) is 1. The molecule has 0 bridgehead atoms. The van der Waals surface area contributed by atoms with Gasteiger partial charge in [-0.05, 0) is 52.3 Å². The Labute approximate surface area is 207 Å². The van der Waals surface area contributed by atoms with Crippen molar-refractivity contribution in [3.8, 4) is 11.5 Å². The molecule has 1 N–H and O–H groups in total. The van der Waals surface area contributed by atoms with Crippen LogP contribution in [0.3, 0.4) is 0 Å². The van der Waals surface area contributed by atoms with Crippen molar-refractivity contribution in [2.75, 3.05) is 20.8 Å². The second-order valence-electron chi connectivity index (χ2n) is 9.85. The van der Waals surface area contributed by atoms with E-state index in [1.807, 2.05) is 48.5 Å². The fourth-order valence-electron chi connectivity index (χ4n) is 4.82. The van der Waals surface area contributed by atoms with Crippen molar-refractivity contribution >= 4 is 22.3 Å². The van der Waals surface area contributed by atoms with E-state index in [0.717, 1.165) is 21.9 Å². The van der Waals surface area contributed by atoms with E-state index < -0.39 is 0 Å². The Hall–Kier alpha value is -3.60. The van der Waals surface area contributed by atoms with E-state index in [1.165, 1.54) is 0 Å². The molecule has 3 aromatic carbocycles. The summed E-state index contributed by atoms with van der Waals surface area (Å²) in [6.07, 6.45) is 2.05. The quantitative estimate of drug-likeness (QED) is 0.325. The van der Waals surface area contributed by atoms with Gasteiger partial charge in [-0.2, -0.15) is 0 Å². The number of allylic oxidation sites excluding steroid dienone is 2. The van der Waals surface area contributed by atoms with E-state index in [1.54, 1.807) is 14.2 Å². The average Bonchev–Trinajstić information content (AvgIpc) is 2.83. The summed E-state index contributed by atoms with van der Waals surface area (Å²) in [5.41, 5.74) is 2.96. The lowest BCUT2D eigenvalue weighted by molar-refractivity contribution is -0.117. The first kappa shape index (κ1) is 24.5. The van der Waals surface area contributed by atoms with E-state index >= 15 is 0 Å². The number of rotatable bonds is 7. The molecule has 0 aromatic heterocycles. The molecule has 4 rings (SSSR count). The largest absolute Gasteiger partial charge is 0.511 e. The highest BCUT2D eigenvalue weighted by atomic mass is 16.5. The molecule has 1 fully saturated rings. The fourth-order valence-corrected chi connectivity index (χ4v) is 4.82. The third-order valence-electron chi connectivity index (χ3n) is 6.53. The number of carbonyl (C=O) groups is 1. The summed E-state index contributed by atoms with van der Waals surface area (Å²) < 4.78 is 10.7. The maximum atomic E-state index is 13.2. The summed E-state index contributed by atoms with van der Waals surface area (Å²) in [7, 11) is 3.23. The number of benzene rings is 3. The molecule has 0 saturated heterocycles. The Bertz CT molecular complexity index is 1300. The van der Waals surface area contributed by atoms with Crippen molar-refractivity contribution in [2.45, 2.75) is 39.5 Å². The molecule has 0 atom stereocenters. The van der Waals surface area contributed by atoms with Crippen LogP contribution in [0.5, 0.6) is 11.5 Å². The second kappa shape index (κ2) is 10.3. The Morgan fingerprint density at radius 1 is 0.971 bits per heavy atom. The molecular weight excluding hydrogens is 438 g/mol. The van der Waals surface area contributed by atoms with E-state index in [9.17, 15) is 9.90 Å². The maximum absolute atomic E-state index is 13.2. The predicted molar refractivity (Wildman–Crippen MR) is 141 cm³/mol. The van der Waals surface area contributed by atoms with E-state index in [2.05, 4.69) is 26.0 Å². The molecule has 0 aliphatic heterocycles. The zero-order chi connectivity index (χ0) is 25.0. The Morgan fingerprint density at radius 2 is 1.71 bits per heavy atom. The highest BCUT2D eigenvalue weighted by Crippen LogP contribution is 2.36. The maximum Gasteiger partial charge on any atom is 0.168 e. The molecule has 35 heavy (non-hydrogen) atoms. The van der Waals surface area contributed by atoms with E-state index in [0.29, 0.717) is 55.0 Å². The number of ketones is 1. The average molecular weight is 472 g/mol. The van der Waals surface area contributed by atoms with Crippen molar-refractivity contribution in [3.05, 3.63) is 83.1 Å². The Kier molecular flexibility index (Phi) is 7.25. The molecule has 1 aliphatic carbocycles. The number of methoxy groups -OCH3 is 2. The van der Waals surface area contributed by atoms with Crippen LogP contribution in [0, 0.1) is 5.41 Å². The number of aliphatic hydroxyl groups is 1. The van der Waals surface area contributed by atoms with Crippen LogP contribution >= 0.6 is 0 Å². The summed E-state index contributed by atoms with van der Waals surface area (Å²) in [6.45, 7) is 4.67. The monoisotopic (exact) mass is 471 g/mol. The van der Waals surface area contributed by atoms with E-state index in [4.69, 9.17) is 14.5 Å². The van der Waals surface area contributed by atoms with Crippen molar-refractivity contribution in [1.82, 2.24) is 0 Å². The van der Waals surface area contributed by atoms with Crippen LogP contribution in [-0.4, -0.2) is 37.4 Å². The van der Waals surface area contributed by atoms with Crippen LogP contribution in [0.25, 0.3) is 10.8 Å². The van der Waals surface area contributed by atoms with Crippen LogP contribution in [0.1, 0.15) is 37.8 Å². The fraction of sp³-hybridized carbons (Fsp3) is 0.333. The minimum atomic E-state index is -0.192. The summed E-state index contributed by atoms with van der Waals surface area (Å²) in [5, 5.41) is 13.4. The van der Waals surface area contributed by atoms with Crippen molar-refractivity contribution in [1.29, 1.82) is 0 Å². The van der Waals surface area contributed by atoms with Gasteiger partial charge in [0.2, 0.25) is 0 Å². The summed E-state index contributed by atoms with van der Waals surface area (Å²) in [4.78, 5) is 18.0. The van der Waals surface area contributed by atoms with Gasteiger partial charge in [0, 0.05) is 25.1 Å². The first-order chi connectivity index (χ1) is 16.8. The zero-order valence-electron chi connectivity index (χ0n) is 20.9. The molecule has 3 aromatic rings. The van der Waals surface area contributed by atoms with Gasteiger partial charge in [0.1, 0.15) is 5.76 Å². The normalized spacial score (nSPS) is 18.1. The van der Waals surface area contributed by atoms with Gasteiger partial charge in [0.05, 0.1) is 19.8 Å². The number of aliphatic hydroxyl groups excluding tert-OH is 1. The van der Waals surface area contributed by atoms with Gasteiger partial charge >= 0.3 is 0 Å². The SMILES string of the molecule is COc1ccc(CCN=C2CC(C)(C)CC(=O)C2=C(O)Cc2cccc3ccccc23)cc1OC. The number of hydrogen-bond acceptors (Lipinski definition) is 5. The van der Waals surface area contributed by atoms with Gasteiger partial charge in [-0.3, -0.25) is 9.79 Å². The smallest absolute Gasteiger partial charge is 0.168 e. The molecule has 1 saturated carbocycles. The molecule has 0 radical (unpaired) electrons. The van der Waals surface area contributed by atoms with Crippen molar-refractivity contribution in [3.63, 3.8) is 0 Å². The van der Waals surface area contributed by atoms with Gasteiger partial charge in [-0.25, -0.2) is 0 Å². The summed E-state index contributed by atoms with van der Waals surface area (Å²) >= 11 is 0. The summed E-state index contributed by atoms with van der Waals surface area (Å²) in [5.74, 6) is 1.43. The number of fused-ring (bicyclic) bond motifs is 1. The highest BCUT2D eigenvalue weighted by Gasteiger charge is 2.36. The van der Waals surface area contributed by atoms with Gasteiger partial charge < -0.3 is 14.6 Å². The number of carbonyl (C=O) groups excluding carboxylic acids is 1. The van der Waals surface area contributed by atoms with Crippen LogP contribution < -0.4 is 9.47 Å². The van der Waals surface area contributed by atoms with Gasteiger partial charge in [-0.1, -0.05) is 62.4 Å². The number of Topliss-reactive ketones (excluding diaryl/α,β-unsaturated/α-hetero) is 1. The molecule has 0 heterocycles. The Balaban J connectivity index is 1.62. The molecule has 0 spiro atoms. The van der Waals surface area contributed by atoms with Gasteiger partial charge in [0.15, 0.2) is 17.3 Å². The van der Waals surface area contributed by atoms with Crippen molar-refractivity contribution < 1.29 is 19.4 Å². The molecular formula is C30H33NO4. The molecule has 5 nitrogen and oxygen atoms in total. The molecule has 182 valence electrons. The van der Waals surface area contributed by atoms with Crippen molar-refractivity contribution in [2.24, 2.45) is 10.4 Å². The first-order valence-electron chi connectivity index (χ1n) is 12.0. The number of ether oxygens (including phenoxy) is 2. The standard InChI is InChI=1S/C30H33NO4/c1-30(2)18-24(31-15-14-20-12-13-27(34-3)28(16-20)35-4)29(26(33)19-30)25(32)17-22-10-7-9-21-8-5-6-11-23(21)22/h5-13,16,32H,14-15,17-19H2,1-4H3. The van der Waals surface area contributed by atoms with Crippen LogP contribution in [0.15, 0.2) is 77.0 Å². The third kappa shape index (κ3) is 5.56. The molecule has 0 amide bonds. The lowest BCUT2D eigenvalue weighted by Crippen LogP contribution is -2.33. The molecule has 5 heteroatoms. The van der Waals surface area contributed by atoms with Gasteiger partial charge in [-0.15, -0.1) is 0 Å². The molecule has 0 unspecified atom stereocenters. The minimum Gasteiger partial charge on any atom is -0.511 e. The number of aliphatic imine (C=N–C) groups is 1. The first-order valence-corrected chi connectivity index (χ1v) is 12.0. The second-order valence-corrected chi connectivity index (χ2v) is 9.85. The zero-order valence-corrected chi connectivity index (χ0v) is 20.9. The number of nitrogens with zero attached hydrogens (tertiary/aromatic N) is 1. The summed E-state index contributed by atoms with van der Waals surface area (Å²) in [6, 6.07) is 20.0. The topological polar surface area (TPSA) is 68.1 Å². The van der Waals surface area contributed by atoms with Crippen LogP contribution in [0.4, 0.5) is 0 Å². The lowest BCUT2D eigenvalue weighted by Gasteiger charge is -2.31. The highest BCUT2D eigenvalue weighted by molar-refractivity contribution is 6.24. The van der Waals surface area contributed by atoms with E-state index in [-0.39, 0.29) is 17.0 Å². The minimum absolute atomic E-state index is 0.0381. The van der Waals surface area contributed by atoms with Gasteiger partial charge in [0.25, 0.3) is 0 Å². The Morgan fingerprint density at radius 3 is 2.49 bits per heavy atom. The predicted octanol–water partition coefficient (Wildman–Crippen LogP) is 6.28. The van der Waals surface area contributed by atoms with Crippen LogP contribution in [-0.2, 0) is 17.6 Å².